The van der Waals surface area contributed by atoms with Crippen molar-refractivity contribution in [3.63, 3.8) is 0 Å². The number of nitrogens with zero attached hydrogens (tertiary/aromatic N) is 1. The maximum atomic E-state index is 10.5. The van der Waals surface area contributed by atoms with Crippen LogP contribution in [0, 0.1) is 0 Å². The Morgan fingerprint density at radius 1 is 1.47 bits per heavy atom. The molecule has 0 unspecified atom stereocenters. The van der Waals surface area contributed by atoms with Gasteiger partial charge in [0.15, 0.2) is 0 Å². The first-order chi connectivity index (χ1) is 7.18. The van der Waals surface area contributed by atoms with Gasteiger partial charge >= 0.3 is 0 Å². The first-order valence-corrected chi connectivity index (χ1v) is 4.92. The molecule has 0 saturated heterocycles. The van der Waals surface area contributed by atoms with Crippen LogP contribution in [0.1, 0.15) is 19.3 Å². The second kappa shape index (κ2) is 5.85. The number of carbonyl (C=O) groups excluding carboxylic acids is 1. The summed E-state index contributed by atoms with van der Waals surface area (Å²) in [4.78, 5) is 14.5. The van der Waals surface area contributed by atoms with E-state index in [9.17, 15) is 4.79 Å². The molecule has 5 nitrogen and oxygen atoms in total. The zero-order chi connectivity index (χ0) is 11.1. The van der Waals surface area contributed by atoms with Gasteiger partial charge in [0, 0.05) is 30.9 Å². The lowest BCUT2D eigenvalue weighted by molar-refractivity contribution is -0.118. The third-order valence-corrected chi connectivity index (χ3v) is 1.94. The van der Waals surface area contributed by atoms with Crippen LogP contribution in [0.4, 0.5) is 11.5 Å². The Morgan fingerprint density at radius 2 is 2.27 bits per heavy atom. The summed E-state index contributed by atoms with van der Waals surface area (Å²) in [7, 11) is 0. The number of nitrogen functional groups attached to an aromatic ring is 1. The average molecular weight is 208 g/mol. The third-order valence-electron chi connectivity index (χ3n) is 1.94. The Balaban J connectivity index is 2.17. The van der Waals surface area contributed by atoms with E-state index in [2.05, 4.69) is 10.3 Å². The lowest BCUT2D eigenvalue weighted by Crippen LogP contribution is -2.11. The van der Waals surface area contributed by atoms with E-state index in [1.807, 2.05) is 0 Å². The number of anilines is 2. The SMILES string of the molecule is NC(=O)CCCCNc1cc(N)ccn1. The van der Waals surface area contributed by atoms with E-state index < -0.39 is 0 Å². The summed E-state index contributed by atoms with van der Waals surface area (Å²) in [6.45, 7) is 0.768. The van der Waals surface area contributed by atoms with Gasteiger partial charge in [0.1, 0.15) is 5.82 Å². The Labute approximate surface area is 88.9 Å². The average Bonchev–Trinajstić information content (AvgIpc) is 2.17. The Bertz CT molecular complexity index is 327. The molecular weight excluding hydrogens is 192 g/mol. The number of unbranched alkanes of at least 4 members (excludes halogenated alkanes) is 1. The fourth-order valence-electron chi connectivity index (χ4n) is 1.18. The third kappa shape index (κ3) is 4.85. The molecule has 0 spiro atoms. The molecule has 1 heterocycles. The largest absolute Gasteiger partial charge is 0.399 e. The van der Waals surface area contributed by atoms with Gasteiger partial charge in [-0.05, 0) is 18.9 Å². The van der Waals surface area contributed by atoms with Crippen molar-refractivity contribution in [3.8, 4) is 0 Å². The van der Waals surface area contributed by atoms with Crippen molar-refractivity contribution in [1.82, 2.24) is 4.98 Å². The van der Waals surface area contributed by atoms with E-state index in [-0.39, 0.29) is 5.91 Å². The first kappa shape index (κ1) is 11.3. The van der Waals surface area contributed by atoms with Gasteiger partial charge in [-0.2, -0.15) is 0 Å². The number of nitrogens with one attached hydrogen (secondary N) is 1. The van der Waals surface area contributed by atoms with Crippen LogP contribution in [0.2, 0.25) is 0 Å². The number of carbonyl (C=O) groups is 1. The fraction of sp³-hybridized carbons (Fsp3) is 0.400. The van der Waals surface area contributed by atoms with Crippen LogP contribution in [0.3, 0.4) is 0 Å². The highest BCUT2D eigenvalue weighted by atomic mass is 16.1. The van der Waals surface area contributed by atoms with Gasteiger partial charge in [-0.3, -0.25) is 4.79 Å². The smallest absolute Gasteiger partial charge is 0.217 e. The Kier molecular flexibility index (Phi) is 4.40. The van der Waals surface area contributed by atoms with E-state index in [4.69, 9.17) is 11.5 Å². The number of amides is 1. The molecule has 0 radical (unpaired) electrons. The van der Waals surface area contributed by atoms with E-state index in [1.54, 1.807) is 18.3 Å². The minimum Gasteiger partial charge on any atom is -0.399 e. The molecule has 0 aliphatic rings. The normalized spacial score (nSPS) is 9.87. The first-order valence-electron chi connectivity index (χ1n) is 4.92. The summed E-state index contributed by atoms with van der Waals surface area (Å²) < 4.78 is 0. The summed E-state index contributed by atoms with van der Waals surface area (Å²) in [5.74, 6) is 0.506. The highest BCUT2D eigenvalue weighted by Crippen LogP contribution is 2.07. The number of rotatable bonds is 6. The molecule has 0 saturated carbocycles. The second-order valence-electron chi connectivity index (χ2n) is 3.32. The van der Waals surface area contributed by atoms with Crippen LogP contribution in [0.15, 0.2) is 18.3 Å². The van der Waals surface area contributed by atoms with E-state index in [0.29, 0.717) is 12.1 Å². The number of hydrogen-bond acceptors (Lipinski definition) is 4. The molecule has 5 N–H and O–H groups in total. The number of primary amides is 1. The summed E-state index contributed by atoms with van der Waals surface area (Å²) in [6, 6.07) is 3.51. The zero-order valence-corrected chi connectivity index (χ0v) is 8.57. The molecule has 15 heavy (non-hydrogen) atoms. The minimum absolute atomic E-state index is 0.253. The van der Waals surface area contributed by atoms with Gasteiger partial charge in [-0.1, -0.05) is 0 Å². The summed E-state index contributed by atoms with van der Waals surface area (Å²) in [5, 5.41) is 3.12. The summed E-state index contributed by atoms with van der Waals surface area (Å²) in [5.41, 5.74) is 11.3. The molecule has 1 aromatic heterocycles. The molecule has 1 aromatic rings. The van der Waals surface area contributed by atoms with Crippen LogP contribution in [0.5, 0.6) is 0 Å². The molecule has 0 aromatic carbocycles. The highest BCUT2D eigenvalue weighted by molar-refractivity contribution is 5.73. The number of aromatic nitrogens is 1. The van der Waals surface area contributed by atoms with Gasteiger partial charge < -0.3 is 16.8 Å². The van der Waals surface area contributed by atoms with E-state index in [1.165, 1.54) is 0 Å². The Morgan fingerprint density at radius 3 is 2.93 bits per heavy atom. The van der Waals surface area contributed by atoms with E-state index >= 15 is 0 Å². The second-order valence-corrected chi connectivity index (χ2v) is 3.32. The van der Waals surface area contributed by atoms with Crippen LogP contribution < -0.4 is 16.8 Å². The molecule has 1 rings (SSSR count). The standard InChI is InChI=1S/C10H16N4O/c11-8-4-6-14-10(7-8)13-5-2-1-3-9(12)15/h4,6-7H,1-3,5H2,(H2,12,15)(H3,11,13,14). The Hall–Kier alpha value is -1.78. The number of pyridine rings is 1. The maximum Gasteiger partial charge on any atom is 0.217 e. The molecule has 5 heteroatoms. The van der Waals surface area contributed by atoms with Crippen LogP contribution in [-0.4, -0.2) is 17.4 Å². The number of nitrogens with two attached hydrogens (primary N) is 2. The molecule has 0 atom stereocenters. The van der Waals surface area contributed by atoms with Gasteiger partial charge in [0.2, 0.25) is 5.91 Å². The monoisotopic (exact) mass is 208 g/mol. The molecule has 0 aliphatic heterocycles. The molecule has 1 amide bonds. The van der Waals surface area contributed by atoms with Gasteiger partial charge in [-0.15, -0.1) is 0 Å². The number of hydrogen-bond donors (Lipinski definition) is 3. The zero-order valence-electron chi connectivity index (χ0n) is 8.57. The van der Waals surface area contributed by atoms with Gasteiger partial charge in [0.05, 0.1) is 0 Å². The van der Waals surface area contributed by atoms with Crippen molar-refractivity contribution in [3.05, 3.63) is 18.3 Å². The van der Waals surface area contributed by atoms with Crippen molar-refractivity contribution in [2.45, 2.75) is 19.3 Å². The summed E-state index contributed by atoms with van der Waals surface area (Å²) in [6.07, 6.45) is 3.77. The van der Waals surface area contributed by atoms with E-state index in [0.717, 1.165) is 25.2 Å². The van der Waals surface area contributed by atoms with Crippen molar-refractivity contribution in [2.24, 2.45) is 5.73 Å². The quantitative estimate of drug-likeness (QED) is 0.601. The van der Waals surface area contributed by atoms with Crippen molar-refractivity contribution < 1.29 is 4.79 Å². The lowest BCUT2D eigenvalue weighted by Gasteiger charge is -2.04. The highest BCUT2D eigenvalue weighted by Gasteiger charge is 1.96. The topological polar surface area (TPSA) is 94.0 Å². The summed E-state index contributed by atoms with van der Waals surface area (Å²) >= 11 is 0. The van der Waals surface area contributed by atoms with Crippen molar-refractivity contribution in [1.29, 1.82) is 0 Å². The molecule has 82 valence electrons. The van der Waals surface area contributed by atoms with Crippen LogP contribution >= 0.6 is 0 Å². The maximum absolute atomic E-state index is 10.5. The van der Waals surface area contributed by atoms with Gasteiger partial charge in [-0.25, -0.2) is 4.98 Å². The lowest BCUT2D eigenvalue weighted by atomic mass is 10.2. The molecule has 0 aliphatic carbocycles. The van der Waals surface area contributed by atoms with Crippen LogP contribution in [0.25, 0.3) is 0 Å². The molecule has 0 bridgehead atoms. The molecular formula is C10H16N4O. The van der Waals surface area contributed by atoms with Gasteiger partial charge in [0.25, 0.3) is 0 Å². The van der Waals surface area contributed by atoms with Crippen molar-refractivity contribution >= 4 is 17.4 Å². The predicted molar refractivity (Wildman–Crippen MR) is 60.2 cm³/mol. The van der Waals surface area contributed by atoms with Crippen molar-refractivity contribution in [2.75, 3.05) is 17.6 Å². The minimum atomic E-state index is -0.253. The van der Waals surface area contributed by atoms with Crippen LogP contribution in [-0.2, 0) is 4.79 Å². The molecule has 0 fully saturated rings. The predicted octanol–water partition coefficient (Wildman–Crippen LogP) is 0.731. The fourth-order valence-corrected chi connectivity index (χ4v) is 1.18.